The Bertz CT molecular complexity index is 1120. The largest absolute Gasteiger partial charge is 0.490 e. The molecule has 0 fully saturated rings. The van der Waals surface area contributed by atoms with Gasteiger partial charge >= 0.3 is 0 Å². The average molecular weight is 423 g/mol. The lowest BCUT2D eigenvalue weighted by molar-refractivity contribution is -0.0211. The Hall–Kier alpha value is -3.05. The Morgan fingerprint density at radius 1 is 1.07 bits per heavy atom. The van der Waals surface area contributed by atoms with E-state index >= 15 is 0 Å². The molecule has 30 heavy (non-hydrogen) atoms. The van der Waals surface area contributed by atoms with Crippen molar-refractivity contribution in [3.8, 4) is 11.5 Å². The molecule has 0 spiro atoms. The van der Waals surface area contributed by atoms with Crippen LogP contribution in [0.5, 0.6) is 11.5 Å². The number of nitrogens with zero attached hydrogens (tertiary/aromatic N) is 2. The molecule has 0 aliphatic carbocycles. The van der Waals surface area contributed by atoms with Crippen molar-refractivity contribution in [2.75, 3.05) is 6.61 Å². The van der Waals surface area contributed by atoms with Crippen LogP contribution in [-0.2, 0) is 0 Å². The molecular formula is C24H20ClFN2O2. The first kappa shape index (κ1) is 18.9. The van der Waals surface area contributed by atoms with E-state index in [2.05, 4.69) is 0 Å². The van der Waals surface area contributed by atoms with Crippen LogP contribution >= 0.6 is 11.6 Å². The maximum absolute atomic E-state index is 13.4. The van der Waals surface area contributed by atoms with E-state index in [9.17, 15) is 4.39 Å². The Kier molecular flexibility index (Phi) is 4.83. The quantitative estimate of drug-likeness (QED) is 0.508. The number of ether oxygens (including phenoxy) is 2. The SMILES string of the molecule is CCOc1cccc2c1O[C@H](c1ccccc1Cl)N1N=C(c3ccc(F)cc3)C[C@H]21. The van der Waals surface area contributed by atoms with Crippen molar-refractivity contribution in [3.63, 3.8) is 0 Å². The molecule has 152 valence electrons. The van der Waals surface area contributed by atoms with Crippen molar-refractivity contribution < 1.29 is 13.9 Å². The van der Waals surface area contributed by atoms with Gasteiger partial charge in [0.2, 0.25) is 6.23 Å². The molecule has 0 bridgehead atoms. The first-order chi connectivity index (χ1) is 14.7. The van der Waals surface area contributed by atoms with Crippen LogP contribution in [0, 0.1) is 5.82 Å². The zero-order valence-electron chi connectivity index (χ0n) is 16.4. The number of hydrogen-bond donors (Lipinski definition) is 0. The second-order valence-electron chi connectivity index (χ2n) is 7.25. The third-order valence-electron chi connectivity index (χ3n) is 5.43. The van der Waals surface area contributed by atoms with Crippen LogP contribution in [0.2, 0.25) is 5.02 Å². The smallest absolute Gasteiger partial charge is 0.215 e. The molecule has 0 amide bonds. The van der Waals surface area contributed by atoms with Gasteiger partial charge in [-0.15, -0.1) is 0 Å². The summed E-state index contributed by atoms with van der Waals surface area (Å²) in [6.45, 7) is 2.49. The lowest BCUT2D eigenvalue weighted by atomic mass is 9.95. The third-order valence-corrected chi connectivity index (χ3v) is 5.77. The number of benzene rings is 3. The summed E-state index contributed by atoms with van der Waals surface area (Å²) in [4.78, 5) is 0. The summed E-state index contributed by atoms with van der Waals surface area (Å²) in [5.74, 6) is 1.17. The van der Waals surface area contributed by atoms with Crippen molar-refractivity contribution in [2.45, 2.75) is 25.6 Å². The summed E-state index contributed by atoms with van der Waals surface area (Å²) in [6, 6.07) is 19.9. The molecule has 0 saturated heterocycles. The third kappa shape index (κ3) is 3.19. The minimum absolute atomic E-state index is 0.0320. The van der Waals surface area contributed by atoms with Crippen molar-refractivity contribution in [2.24, 2.45) is 5.10 Å². The van der Waals surface area contributed by atoms with Crippen molar-refractivity contribution in [1.82, 2.24) is 5.01 Å². The summed E-state index contributed by atoms with van der Waals surface area (Å²) < 4.78 is 25.7. The number of rotatable bonds is 4. The monoisotopic (exact) mass is 422 g/mol. The van der Waals surface area contributed by atoms with E-state index in [1.807, 2.05) is 54.4 Å². The Labute approximate surface area is 179 Å². The fraction of sp³-hybridized carbons (Fsp3) is 0.208. The van der Waals surface area contributed by atoms with E-state index in [1.165, 1.54) is 12.1 Å². The topological polar surface area (TPSA) is 34.1 Å². The van der Waals surface area contributed by atoms with Gasteiger partial charge in [-0.2, -0.15) is 5.10 Å². The van der Waals surface area contributed by atoms with Gasteiger partial charge in [-0.25, -0.2) is 9.40 Å². The van der Waals surface area contributed by atoms with Crippen LogP contribution in [0.25, 0.3) is 0 Å². The van der Waals surface area contributed by atoms with Gasteiger partial charge in [0, 0.05) is 22.6 Å². The highest BCUT2D eigenvalue weighted by Gasteiger charge is 2.42. The summed E-state index contributed by atoms with van der Waals surface area (Å²) in [7, 11) is 0. The summed E-state index contributed by atoms with van der Waals surface area (Å²) >= 11 is 6.52. The van der Waals surface area contributed by atoms with Gasteiger partial charge in [0.05, 0.1) is 18.4 Å². The average Bonchev–Trinajstić information content (AvgIpc) is 3.20. The highest BCUT2D eigenvalue weighted by atomic mass is 35.5. The minimum Gasteiger partial charge on any atom is -0.490 e. The molecule has 5 rings (SSSR count). The van der Waals surface area contributed by atoms with Gasteiger partial charge in [-0.05, 0) is 36.8 Å². The molecule has 0 unspecified atom stereocenters. The maximum atomic E-state index is 13.4. The zero-order valence-corrected chi connectivity index (χ0v) is 17.1. The first-order valence-corrected chi connectivity index (χ1v) is 10.3. The molecule has 2 atom stereocenters. The maximum Gasteiger partial charge on any atom is 0.215 e. The second-order valence-corrected chi connectivity index (χ2v) is 7.66. The summed E-state index contributed by atoms with van der Waals surface area (Å²) in [5.41, 5.74) is 3.64. The molecular weight excluding hydrogens is 403 g/mol. The van der Waals surface area contributed by atoms with Gasteiger partial charge < -0.3 is 9.47 Å². The highest BCUT2D eigenvalue weighted by Crippen LogP contribution is 2.51. The molecule has 6 heteroatoms. The van der Waals surface area contributed by atoms with Gasteiger partial charge in [-0.1, -0.05) is 54.1 Å². The fourth-order valence-electron chi connectivity index (χ4n) is 4.05. The van der Waals surface area contributed by atoms with Gasteiger partial charge in [-0.3, -0.25) is 0 Å². The molecule has 4 nitrogen and oxygen atoms in total. The standard InChI is InChI=1S/C24H20ClFN2O2/c1-2-29-22-9-5-7-18-21-14-20(15-10-12-16(26)13-11-15)27-28(21)24(30-23(18)22)17-6-3-4-8-19(17)25/h3-13,21,24H,2,14H2,1H3/t21-,24-/m1/s1. The van der Waals surface area contributed by atoms with Crippen LogP contribution in [0.3, 0.4) is 0 Å². The molecule has 3 aromatic carbocycles. The molecule has 0 radical (unpaired) electrons. The summed E-state index contributed by atoms with van der Waals surface area (Å²) in [6.07, 6.45) is 0.189. The van der Waals surface area contributed by atoms with E-state index in [-0.39, 0.29) is 11.9 Å². The number of para-hydroxylation sites is 1. The molecule has 2 aliphatic heterocycles. The second kappa shape index (κ2) is 7.65. The lowest BCUT2D eigenvalue weighted by Gasteiger charge is -2.39. The molecule has 2 heterocycles. The van der Waals surface area contributed by atoms with Crippen LogP contribution in [0.15, 0.2) is 71.8 Å². The Morgan fingerprint density at radius 3 is 2.60 bits per heavy atom. The predicted octanol–water partition coefficient (Wildman–Crippen LogP) is 6.12. The van der Waals surface area contributed by atoms with E-state index in [4.69, 9.17) is 26.2 Å². The highest BCUT2D eigenvalue weighted by molar-refractivity contribution is 6.31. The van der Waals surface area contributed by atoms with E-state index in [0.29, 0.717) is 23.8 Å². The molecule has 0 aromatic heterocycles. The number of hydrazone groups is 1. The summed E-state index contributed by atoms with van der Waals surface area (Å²) in [5, 5.41) is 7.46. The minimum atomic E-state index is -0.490. The van der Waals surface area contributed by atoms with Crippen molar-refractivity contribution >= 4 is 17.3 Å². The number of hydrogen-bond acceptors (Lipinski definition) is 4. The predicted molar refractivity (Wildman–Crippen MR) is 115 cm³/mol. The fourth-order valence-corrected chi connectivity index (χ4v) is 4.28. The number of halogens is 2. The van der Waals surface area contributed by atoms with Crippen molar-refractivity contribution in [1.29, 1.82) is 0 Å². The van der Waals surface area contributed by atoms with Crippen LogP contribution in [0.4, 0.5) is 4.39 Å². The van der Waals surface area contributed by atoms with Crippen LogP contribution < -0.4 is 9.47 Å². The van der Waals surface area contributed by atoms with Gasteiger partial charge in [0.25, 0.3) is 0 Å². The normalized spacial score (nSPS) is 19.6. The van der Waals surface area contributed by atoms with Crippen LogP contribution in [0.1, 0.15) is 42.3 Å². The van der Waals surface area contributed by atoms with Crippen molar-refractivity contribution in [3.05, 3.63) is 94.3 Å². The van der Waals surface area contributed by atoms with Crippen LogP contribution in [-0.4, -0.2) is 17.3 Å². The lowest BCUT2D eigenvalue weighted by Crippen LogP contribution is -2.34. The molecule has 0 saturated carbocycles. The zero-order chi connectivity index (χ0) is 20.7. The number of fused-ring (bicyclic) bond motifs is 3. The van der Waals surface area contributed by atoms with E-state index < -0.39 is 6.23 Å². The first-order valence-electron chi connectivity index (χ1n) is 9.94. The molecule has 3 aromatic rings. The van der Waals surface area contributed by atoms with E-state index in [1.54, 1.807) is 12.1 Å². The van der Waals surface area contributed by atoms with Gasteiger partial charge in [0.15, 0.2) is 11.5 Å². The molecule has 2 aliphatic rings. The Balaban J connectivity index is 1.62. The van der Waals surface area contributed by atoms with Gasteiger partial charge in [0.1, 0.15) is 5.82 Å². The van der Waals surface area contributed by atoms with E-state index in [0.717, 1.165) is 28.2 Å². The molecule has 0 N–H and O–H groups in total. The Morgan fingerprint density at radius 2 is 1.83 bits per heavy atom.